The lowest BCUT2D eigenvalue weighted by Crippen LogP contribution is -2.41. The number of carbonyl (C=O) groups is 2. The van der Waals surface area contributed by atoms with E-state index in [0.717, 1.165) is 17.9 Å². The zero-order chi connectivity index (χ0) is 25.2. The van der Waals surface area contributed by atoms with Crippen LogP contribution in [0.4, 0.5) is 10.6 Å². The van der Waals surface area contributed by atoms with Crippen molar-refractivity contribution >= 4 is 17.8 Å². The zero-order valence-electron chi connectivity index (χ0n) is 20.8. The minimum absolute atomic E-state index is 0.0483. The molecule has 0 atom stereocenters. The predicted octanol–water partition coefficient (Wildman–Crippen LogP) is 3.61. The molecule has 0 aromatic carbocycles. The number of aryl methyl sites for hydroxylation is 1. The van der Waals surface area contributed by atoms with Crippen LogP contribution in [0.2, 0.25) is 0 Å². The fourth-order valence-corrected chi connectivity index (χ4v) is 2.10. The van der Waals surface area contributed by atoms with Crippen LogP contribution in [0, 0.1) is 31.6 Å². The van der Waals surface area contributed by atoms with Crippen molar-refractivity contribution in [3.8, 4) is 24.7 Å². The van der Waals surface area contributed by atoms with Gasteiger partial charge in [-0.05, 0) is 41.0 Å². The molecule has 0 aliphatic rings. The number of rotatable bonds is 7. The summed E-state index contributed by atoms with van der Waals surface area (Å²) in [7, 11) is 1.53. The van der Waals surface area contributed by atoms with E-state index in [-0.39, 0.29) is 12.5 Å². The van der Waals surface area contributed by atoms with Gasteiger partial charge in [-0.2, -0.15) is 0 Å². The fraction of sp³-hybridized carbons (Fsp3) is 0.583. The summed E-state index contributed by atoms with van der Waals surface area (Å²) in [6.45, 7) is 14.4. The standard InChI is InChI=1S/C20H31N5O3.C2H6.C2H2/c1-7-21-18-16(13-23-15(2)24-18)11-9-8-10-12-22-17(26)14-25(6)19(27)28-20(3,4)5;2*1-2/h13H,7-8,10,12,14H2,1-6H3,(H,22,26)(H,21,23,24);1-2H3;1-2H. The molecular formula is C24H39N5O3. The van der Waals surface area contributed by atoms with E-state index in [1.807, 2.05) is 27.7 Å². The lowest BCUT2D eigenvalue weighted by molar-refractivity contribution is -0.122. The molecule has 0 radical (unpaired) electrons. The van der Waals surface area contributed by atoms with E-state index < -0.39 is 11.7 Å². The Morgan fingerprint density at radius 1 is 1.25 bits per heavy atom. The number of nitrogens with zero attached hydrogens (tertiary/aromatic N) is 3. The maximum atomic E-state index is 11.9. The van der Waals surface area contributed by atoms with Crippen LogP contribution in [0.1, 0.15) is 65.8 Å². The lowest BCUT2D eigenvalue weighted by Gasteiger charge is -2.24. The predicted molar refractivity (Wildman–Crippen MR) is 130 cm³/mol. The minimum atomic E-state index is -0.588. The molecule has 2 amide bonds. The number of unbranched alkanes of at least 4 members (excludes halogenated alkanes) is 1. The van der Waals surface area contributed by atoms with Crippen LogP contribution in [0.5, 0.6) is 0 Å². The Morgan fingerprint density at radius 2 is 1.88 bits per heavy atom. The first-order chi connectivity index (χ1) is 15.1. The number of aromatic nitrogens is 2. The number of nitrogens with one attached hydrogen (secondary N) is 2. The van der Waals surface area contributed by atoms with E-state index >= 15 is 0 Å². The second kappa shape index (κ2) is 17.4. The van der Waals surface area contributed by atoms with E-state index in [1.165, 1.54) is 11.9 Å². The minimum Gasteiger partial charge on any atom is -0.444 e. The van der Waals surface area contributed by atoms with Gasteiger partial charge in [0, 0.05) is 32.8 Å². The Bertz CT molecular complexity index is 773. The molecule has 0 unspecified atom stereocenters. The Kier molecular flexibility index (Phi) is 16.8. The molecule has 2 N–H and O–H groups in total. The lowest BCUT2D eigenvalue weighted by atomic mass is 10.2. The van der Waals surface area contributed by atoms with Gasteiger partial charge >= 0.3 is 6.09 Å². The first-order valence-electron chi connectivity index (χ1n) is 10.7. The first kappa shape index (κ1) is 30.9. The Labute approximate surface area is 193 Å². The largest absolute Gasteiger partial charge is 0.444 e. The van der Waals surface area contributed by atoms with Gasteiger partial charge in [0.05, 0.1) is 5.56 Å². The van der Waals surface area contributed by atoms with Gasteiger partial charge in [0.15, 0.2) is 0 Å². The molecule has 0 aliphatic carbocycles. The normalized spacial score (nSPS) is 9.44. The number of terminal acetylenes is 1. The molecule has 0 saturated heterocycles. The van der Waals surface area contributed by atoms with Gasteiger partial charge < -0.3 is 20.3 Å². The number of hydrogen-bond acceptors (Lipinski definition) is 6. The average Bonchev–Trinajstić information content (AvgIpc) is 2.73. The Balaban J connectivity index is 0. The highest BCUT2D eigenvalue weighted by molar-refractivity contribution is 5.82. The fourth-order valence-electron chi connectivity index (χ4n) is 2.10. The van der Waals surface area contributed by atoms with Crippen molar-refractivity contribution < 1.29 is 14.3 Å². The van der Waals surface area contributed by atoms with Gasteiger partial charge in [0.2, 0.25) is 5.91 Å². The molecule has 8 nitrogen and oxygen atoms in total. The SMILES string of the molecule is C#C.CC.CCNc1nc(C)ncc1C#CCCCNC(=O)CN(C)C(=O)OC(C)(C)C. The highest BCUT2D eigenvalue weighted by atomic mass is 16.6. The van der Waals surface area contributed by atoms with Crippen LogP contribution in [0.15, 0.2) is 6.20 Å². The average molecular weight is 446 g/mol. The summed E-state index contributed by atoms with van der Waals surface area (Å²) in [5.74, 6) is 7.33. The molecule has 32 heavy (non-hydrogen) atoms. The summed E-state index contributed by atoms with van der Waals surface area (Å²) in [4.78, 5) is 33.5. The summed E-state index contributed by atoms with van der Waals surface area (Å²) < 4.78 is 5.21. The number of likely N-dealkylation sites (N-methyl/N-ethyl adjacent to an activating group) is 1. The quantitative estimate of drug-likeness (QED) is 0.492. The van der Waals surface area contributed by atoms with Crippen molar-refractivity contribution in [3.63, 3.8) is 0 Å². The number of ether oxygens (including phenoxy) is 1. The molecule has 0 spiro atoms. The van der Waals surface area contributed by atoms with Crippen molar-refractivity contribution in [2.45, 2.75) is 66.9 Å². The smallest absolute Gasteiger partial charge is 0.410 e. The van der Waals surface area contributed by atoms with Gasteiger partial charge in [-0.3, -0.25) is 4.79 Å². The third-order valence-corrected chi connectivity index (χ3v) is 3.36. The van der Waals surface area contributed by atoms with E-state index in [0.29, 0.717) is 25.2 Å². The maximum absolute atomic E-state index is 11.9. The van der Waals surface area contributed by atoms with E-state index in [9.17, 15) is 9.59 Å². The molecule has 1 aromatic heterocycles. The van der Waals surface area contributed by atoms with E-state index in [1.54, 1.807) is 27.0 Å². The third-order valence-electron chi connectivity index (χ3n) is 3.36. The van der Waals surface area contributed by atoms with Crippen LogP contribution in [0.25, 0.3) is 0 Å². The second-order valence-corrected chi connectivity index (χ2v) is 7.30. The highest BCUT2D eigenvalue weighted by Crippen LogP contribution is 2.10. The summed E-state index contributed by atoms with van der Waals surface area (Å²) in [6, 6.07) is 0. The zero-order valence-corrected chi connectivity index (χ0v) is 20.8. The number of amides is 2. The monoisotopic (exact) mass is 445 g/mol. The van der Waals surface area contributed by atoms with E-state index in [2.05, 4.69) is 45.3 Å². The second-order valence-electron chi connectivity index (χ2n) is 7.30. The number of anilines is 1. The highest BCUT2D eigenvalue weighted by Gasteiger charge is 2.20. The van der Waals surface area contributed by atoms with Gasteiger partial charge in [-0.25, -0.2) is 14.8 Å². The van der Waals surface area contributed by atoms with Gasteiger partial charge in [-0.1, -0.05) is 25.7 Å². The molecule has 178 valence electrons. The van der Waals surface area contributed by atoms with Crippen LogP contribution < -0.4 is 10.6 Å². The third kappa shape index (κ3) is 14.7. The molecular weight excluding hydrogens is 406 g/mol. The maximum Gasteiger partial charge on any atom is 0.410 e. The van der Waals surface area contributed by atoms with Crippen molar-refractivity contribution in [1.29, 1.82) is 0 Å². The number of hydrogen-bond donors (Lipinski definition) is 2. The van der Waals surface area contributed by atoms with Crippen molar-refractivity contribution in [2.75, 3.05) is 32.0 Å². The van der Waals surface area contributed by atoms with Crippen molar-refractivity contribution in [3.05, 3.63) is 17.6 Å². The topological polar surface area (TPSA) is 96.5 Å². The Morgan fingerprint density at radius 3 is 2.44 bits per heavy atom. The summed E-state index contributed by atoms with van der Waals surface area (Å²) in [6.07, 6.45) is 10.5. The van der Waals surface area contributed by atoms with E-state index in [4.69, 9.17) is 4.74 Å². The number of carbonyl (C=O) groups excluding carboxylic acids is 2. The summed E-state index contributed by atoms with van der Waals surface area (Å²) in [5.41, 5.74) is 0.172. The molecule has 1 aromatic rings. The molecule has 0 aliphatic heterocycles. The summed E-state index contributed by atoms with van der Waals surface area (Å²) >= 11 is 0. The summed E-state index contributed by atoms with van der Waals surface area (Å²) in [5, 5.41) is 5.95. The first-order valence-corrected chi connectivity index (χ1v) is 10.7. The van der Waals surface area contributed by atoms with Gasteiger partial charge in [0.1, 0.15) is 23.8 Å². The Hall–Kier alpha value is -3.26. The van der Waals surface area contributed by atoms with Crippen LogP contribution in [0.3, 0.4) is 0 Å². The van der Waals surface area contributed by atoms with Crippen LogP contribution >= 0.6 is 0 Å². The molecule has 1 rings (SSSR count). The van der Waals surface area contributed by atoms with Crippen LogP contribution in [-0.2, 0) is 9.53 Å². The van der Waals surface area contributed by atoms with Gasteiger partial charge in [-0.15, -0.1) is 12.8 Å². The van der Waals surface area contributed by atoms with Crippen LogP contribution in [-0.4, -0.2) is 59.2 Å². The van der Waals surface area contributed by atoms with Gasteiger partial charge in [0.25, 0.3) is 0 Å². The van der Waals surface area contributed by atoms with Crippen molar-refractivity contribution in [2.24, 2.45) is 0 Å². The molecule has 1 heterocycles. The molecule has 0 saturated carbocycles. The molecule has 0 bridgehead atoms. The van der Waals surface area contributed by atoms with Crippen molar-refractivity contribution in [1.82, 2.24) is 20.2 Å². The molecule has 0 fully saturated rings. The molecule has 8 heteroatoms.